The van der Waals surface area contributed by atoms with E-state index in [4.69, 9.17) is 34.8 Å². The van der Waals surface area contributed by atoms with E-state index < -0.39 is 0 Å². The van der Waals surface area contributed by atoms with Crippen molar-refractivity contribution in [1.82, 2.24) is 0 Å². The van der Waals surface area contributed by atoms with Gasteiger partial charge in [-0.2, -0.15) is 0 Å². The predicted octanol–water partition coefficient (Wildman–Crippen LogP) is 9.67. The first-order valence-electron chi connectivity index (χ1n) is 12.8. The molecule has 1 aromatic rings. The number of hydrogen-bond acceptors (Lipinski definition) is 1. The van der Waals surface area contributed by atoms with Crippen molar-refractivity contribution in [2.75, 3.05) is 27.7 Å². The molecule has 0 amide bonds. The van der Waals surface area contributed by atoms with Crippen LogP contribution in [0.3, 0.4) is 0 Å². The van der Waals surface area contributed by atoms with Gasteiger partial charge in [-0.05, 0) is 25.0 Å². The summed E-state index contributed by atoms with van der Waals surface area (Å²) in [4.78, 5) is 0. The van der Waals surface area contributed by atoms with Crippen LogP contribution in [-0.2, 0) is 0 Å². The quantitative estimate of drug-likeness (QED) is 0.117. The van der Waals surface area contributed by atoms with Gasteiger partial charge in [-0.1, -0.05) is 137 Å². The van der Waals surface area contributed by atoms with Gasteiger partial charge in [0.2, 0.25) is 0 Å². The molecule has 0 aliphatic heterocycles. The monoisotopic (exact) mass is 507 g/mol. The van der Waals surface area contributed by atoms with E-state index in [1.807, 2.05) is 0 Å². The third kappa shape index (κ3) is 20.5. The minimum Gasteiger partial charge on any atom is -0.871 e. The number of nitrogens with zero attached hydrogens (tertiary/aromatic N) is 1. The number of rotatable bonds is 17. The molecule has 0 aromatic heterocycles. The zero-order valence-electron chi connectivity index (χ0n) is 21.2. The second-order valence-electron chi connectivity index (χ2n) is 10.0. The van der Waals surface area contributed by atoms with Gasteiger partial charge in [0.25, 0.3) is 0 Å². The maximum absolute atomic E-state index is 10.7. The fourth-order valence-electron chi connectivity index (χ4n) is 3.64. The summed E-state index contributed by atoms with van der Waals surface area (Å²) >= 11 is 16.5. The molecule has 188 valence electrons. The van der Waals surface area contributed by atoms with Crippen LogP contribution in [-0.4, -0.2) is 32.2 Å². The molecule has 0 fully saturated rings. The number of halogens is 3. The molecule has 5 heteroatoms. The number of quaternary nitrogens is 1. The van der Waals surface area contributed by atoms with Gasteiger partial charge >= 0.3 is 0 Å². The van der Waals surface area contributed by atoms with Crippen LogP contribution in [0.5, 0.6) is 5.75 Å². The van der Waals surface area contributed by atoms with Gasteiger partial charge in [0.1, 0.15) is 0 Å². The molecule has 1 rings (SSSR count). The Bertz CT molecular complexity index is 523. The van der Waals surface area contributed by atoms with Crippen molar-refractivity contribution >= 4 is 34.8 Å². The van der Waals surface area contributed by atoms with Crippen molar-refractivity contribution in [2.24, 2.45) is 0 Å². The van der Waals surface area contributed by atoms with Crippen molar-refractivity contribution in [3.8, 4) is 5.75 Å². The molecular weight excluding hydrogens is 461 g/mol. The van der Waals surface area contributed by atoms with Crippen molar-refractivity contribution in [1.29, 1.82) is 0 Å². The summed E-state index contributed by atoms with van der Waals surface area (Å²) in [6, 6.07) is 2.51. The molecular formula is C27H48Cl3NO. The zero-order valence-corrected chi connectivity index (χ0v) is 23.4. The lowest BCUT2D eigenvalue weighted by molar-refractivity contribution is -0.870. The van der Waals surface area contributed by atoms with Crippen LogP contribution in [0.2, 0.25) is 15.1 Å². The van der Waals surface area contributed by atoms with Crippen molar-refractivity contribution in [3.05, 3.63) is 27.2 Å². The molecule has 0 aliphatic carbocycles. The van der Waals surface area contributed by atoms with Crippen LogP contribution >= 0.6 is 34.8 Å². The van der Waals surface area contributed by atoms with E-state index in [1.165, 1.54) is 121 Å². The number of benzene rings is 1. The SMILES string of the molecule is CCCCCCCCCCCCCCCCCC[N+](C)(C)C.[O-]c1cc(Cl)c(Cl)cc1Cl. The highest BCUT2D eigenvalue weighted by atomic mass is 35.5. The third-order valence-corrected chi connectivity index (χ3v) is 6.67. The second kappa shape index (κ2) is 20.2. The van der Waals surface area contributed by atoms with Gasteiger partial charge in [-0.15, -0.1) is 0 Å². The highest BCUT2D eigenvalue weighted by Gasteiger charge is 2.05. The van der Waals surface area contributed by atoms with E-state index in [-0.39, 0.29) is 15.8 Å². The maximum Gasteiger partial charge on any atom is 0.0780 e. The Hall–Kier alpha value is -0.150. The lowest BCUT2D eigenvalue weighted by Gasteiger charge is -2.23. The summed E-state index contributed by atoms with van der Waals surface area (Å²) in [5.74, 6) is -0.309. The largest absolute Gasteiger partial charge is 0.871 e. The molecule has 0 N–H and O–H groups in total. The highest BCUT2D eigenvalue weighted by molar-refractivity contribution is 6.43. The standard InChI is InChI=1S/C21H46N.C6H3Cl3O/c1-5-6-7-8-9-10-11-12-13-14-15-16-17-18-19-20-21-22(2,3)4;7-3-1-5(9)6(10)2-4(3)8/h5-21H2,1-4H3;1-2,10H/q+1;/p-1. The van der Waals surface area contributed by atoms with Crippen LogP contribution in [0.4, 0.5) is 0 Å². The van der Waals surface area contributed by atoms with E-state index in [1.54, 1.807) is 0 Å². The van der Waals surface area contributed by atoms with Gasteiger partial charge in [-0.3, -0.25) is 0 Å². The Morgan fingerprint density at radius 2 is 0.906 bits per heavy atom. The number of unbranched alkanes of at least 4 members (excludes halogenated alkanes) is 15. The molecule has 32 heavy (non-hydrogen) atoms. The zero-order chi connectivity index (χ0) is 24.2. The molecule has 0 saturated carbocycles. The Morgan fingerprint density at radius 3 is 1.25 bits per heavy atom. The minimum absolute atomic E-state index is 0.0920. The Labute approximate surface area is 214 Å². The first-order chi connectivity index (χ1) is 15.2. The summed E-state index contributed by atoms with van der Waals surface area (Å²) in [7, 11) is 6.89. The lowest BCUT2D eigenvalue weighted by Crippen LogP contribution is -2.35. The molecule has 0 radical (unpaired) electrons. The average molecular weight is 509 g/mol. The summed E-state index contributed by atoms with van der Waals surface area (Å²) in [6.45, 7) is 3.63. The van der Waals surface area contributed by atoms with E-state index >= 15 is 0 Å². The van der Waals surface area contributed by atoms with Crippen LogP contribution in [0, 0.1) is 0 Å². The summed E-state index contributed by atoms with van der Waals surface area (Å²) < 4.78 is 1.12. The molecule has 0 bridgehead atoms. The fourth-order valence-corrected chi connectivity index (χ4v) is 4.18. The van der Waals surface area contributed by atoms with Crippen LogP contribution in [0.15, 0.2) is 12.1 Å². The topological polar surface area (TPSA) is 23.1 Å². The lowest BCUT2D eigenvalue weighted by atomic mass is 10.0. The summed E-state index contributed by atoms with van der Waals surface area (Å²) in [6.07, 6.45) is 23.4. The maximum atomic E-state index is 10.7. The highest BCUT2D eigenvalue weighted by Crippen LogP contribution is 2.30. The smallest absolute Gasteiger partial charge is 0.0780 e. The molecule has 0 saturated heterocycles. The predicted molar refractivity (Wildman–Crippen MR) is 143 cm³/mol. The van der Waals surface area contributed by atoms with E-state index in [0.29, 0.717) is 5.02 Å². The van der Waals surface area contributed by atoms with Crippen LogP contribution in [0.1, 0.15) is 110 Å². The van der Waals surface area contributed by atoms with Crippen molar-refractivity contribution in [2.45, 2.75) is 110 Å². The summed E-state index contributed by atoms with van der Waals surface area (Å²) in [5, 5.41) is 11.3. The molecule has 0 heterocycles. The Balaban J connectivity index is 0.000000792. The van der Waals surface area contributed by atoms with Crippen LogP contribution in [0.25, 0.3) is 0 Å². The van der Waals surface area contributed by atoms with Gasteiger partial charge in [0.15, 0.2) is 0 Å². The first kappa shape index (κ1) is 31.9. The minimum atomic E-state index is -0.309. The van der Waals surface area contributed by atoms with E-state index in [9.17, 15) is 5.11 Å². The molecule has 2 nitrogen and oxygen atoms in total. The molecule has 0 atom stereocenters. The van der Waals surface area contributed by atoms with Crippen LogP contribution < -0.4 is 5.11 Å². The first-order valence-corrected chi connectivity index (χ1v) is 13.9. The molecule has 0 unspecified atom stereocenters. The van der Waals surface area contributed by atoms with Gasteiger partial charge in [0, 0.05) is 5.02 Å². The van der Waals surface area contributed by atoms with Gasteiger partial charge < -0.3 is 9.59 Å². The normalized spacial score (nSPS) is 11.3. The third-order valence-electron chi connectivity index (χ3n) is 5.66. The second-order valence-corrected chi connectivity index (χ2v) is 11.2. The molecule has 1 aromatic carbocycles. The fraction of sp³-hybridized carbons (Fsp3) is 0.778. The Kier molecular flexibility index (Phi) is 20.1. The number of hydrogen-bond donors (Lipinski definition) is 0. The van der Waals surface area contributed by atoms with Crippen molar-refractivity contribution < 1.29 is 9.59 Å². The summed E-state index contributed by atoms with van der Waals surface area (Å²) in [5.41, 5.74) is 0. The molecule has 0 aliphatic rings. The molecule has 0 spiro atoms. The van der Waals surface area contributed by atoms with E-state index in [2.05, 4.69) is 28.1 Å². The van der Waals surface area contributed by atoms with E-state index in [0.717, 1.165) is 4.48 Å². The Morgan fingerprint density at radius 1 is 0.562 bits per heavy atom. The average Bonchev–Trinajstić information content (AvgIpc) is 2.72. The van der Waals surface area contributed by atoms with Crippen molar-refractivity contribution in [3.63, 3.8) is 0 Å². The van der Waals surface area contributed by atoms with Gasteiger partial charge in [0.05, 0.1) is 37.7 Å². The van der Waals surface area contributed by atoms with Gasteiger partial charge in [-0.25, -0.2) is 0 Å².